The fourth-order valence-corrected chi connectivity index (χ4v) is 1.49. The Hall–Kier alpha value is -0.590. The van der Waals surface area contributed by atoms with Gasteiger partial charge in [-0.2, -0.15) is 13.6 Å². The summed E-state index contributed by atoms with van der Waals surface area (Å²) >= 11 is 3.24. The zero-order chi connectivity index (χ0) is 10.1. The minimum absolute atomic E-state index is 0.194. The molecule has 72 valence electrons. The highest BCUT2D eigenvalue weighted by molar-refractivity contribution is 9.10. The van der Waals surface area contributed by atoms with E-state index in [4.69, 9.17) is 5.14 Å². The first kappa shape index (κ1) is 10.5. The van der Waals surface area contributed by atoms with E-state index in [0.717, 1.165) is 10.0 Å². The van der Waals surface area contributed by atoms with E-state index < -0.39 is 10.3 Å². The second-order valence-corrected chi connectivity index (χ2v) is 4.49. The van der Waals surface area contributed by atoms with Crippen molar-refractivity contribution in [3.8, 4) is 5.75 Å². The minimum Gasteiger partial charge on any atom is -0.371 e. The van der Waals surface area contributed by atoms with Crippen LogP contribution in [0.1, 0.15) is 5.56 Å². The van der Waals surface area contributed by atoms with Gasteiger partial charge in [-0.3, -0.25) is 0 Å². The van der Waals surface area contributed by atoms with Gasteiger partial charge in [0.05, 0.1) is 0 Å². The van der Waals surface area contributed by atoms with Crippen LogP contribution in [0.2, 0.25) is 0 Å². The van der Waals surface area contributed by atoms with Crippen LogP contribution >= 0.6 is 15.9 Å². The lowest BCUT2D eigenvalue weighted by atomic mass is 10.2. The van der Waals surface area contributed by atoms with Gasteiger partial charge < -0.3 is 4.18 Å². The fourth-order valence-electron chi connectivity index (χ4n) is 0.760. The van der Waals surface area contributed by atoms with E-state index in [1.807, 2.05) is 6.92 Å². The molecule has 0 bridgehead atoms. The van der Waals surface area contributed by atoms with Gasteiger partial charge in [-0.05, 0) is 24.6 Å². The molecule has 0 aliphatic rings. The van der Waals surface area contributed by atoms with Crippen molar-refractivity contribution in [3.05, 3.63) is 28.2 Å². The van der Waals surface area contributed by atoms with Gasteiger partial charge in [0, 0.05) is 4.47 Å². The Morgan fingerprint density at radius 2 is 2.08 bits per heavy atom. The van der Waals surface area contributed by atoms with Crippen LogP contribution in [0.25, 0.3) is 0 Å². The maximum absolute atomic E-state index is 10.5. The van der Waals surface area contributed by atoms with Crippen LogP contribution in [0.15, 0.2) is 22.7 Å². The summed E-state index contributed by atoms with van der Waals surface area (Å²) in [6.45, 7) is 1.88. The third kappa shape index (κ3) is 3.33. The van der Waals surface area contributed by atoms with Crippen LogP contribution in [-0.4, -0.2) is 8.42 Å². The van der Waals surface area contributed by atoms with E-state index in [1.165, 1.54) is 6.07 Å². The van der Waals surface area contributed by atoms with E-state index in [-0.39, 0.29) is 5.75 Å². The number of halogens is 1. The summed E-state index contributed by atoms with van der Waals surface area (Å²) in [7, 11) is -3.93. The quantitative estimate of drug-likeness (QED) is 0.878. The molecule has 0 aromatic heterocycles. The van der Waals surface area contributed by atoms with Crippen molar-refractivity contribution in [3.63, 3.8) is 0 Å². The zero-order valence-electron chi connectivity index (χ0n) is 6.82. The lowest BCUT2D eigenvalue weighted by Crippen LogP contribution is -2.18. The van der Waals surface area contributed by atoms with Gasteiger partial charge in [0.2, 0.25) is 0 Å². The van der Waals surface area contributed by atoms with Crippen molar-refractivity contribution >= 4 is 26.2 Å². The molecule has 0 saturated carbocycles. The highest BCUT2D eigenvalue weighted by Crippen LogP contribution is 2.22. The highest BCUT2D eigenvalue weighted by Gasteiger charge is 2.05. The Kier molecular flexibility index (Phi) is 2.94. The van der Waals surface area contributed by atoms with Gasteiger partial charge in [0.15, 0.2) is 0 Å². The van der Waals surface area contributed by atoms with Crippen LogP contribution < -0.4 is 9.32 Å². The predicted octanol–water partition coefficient (Wildman–Crippen LogP) is 1.34. The summed E-state index contributed by atoms with van der Waals surface area (Å²) in [4.78, 5) is 0. The third-order valence-corrected chi connectivity index (χ3v) is 2.63. The molecule has 1 aromatic rings. The molecule has 0 saturated heterocycles. The number of hydrogen-bond acceptors (Lipinski definition) is 3. The van der Waals surface area contributed by atoms with E-state index >= 15 is 0 Å². The molecule has 0 heterocycles. The molecule has 0 spiro atoms. The van der Waals surface area contributed by atoms with Gasteiger partial charge in [0.1, 0.15) is 5.75 Å². The molecule has 0 amide bonds. The summed E-state index contributed by atoms with van der Waals surface area (Å²) in [5.74, 6) is 0.194. The summed E-state index contributed by atoms with van der Waals surface area (Å²) in [6.07, 6.45) is 0. The van der Waals surface area contributed by atoms with Crippen LogP contribution in [0.5, 0.6) is 5.75 Å². The summed E-state index contributed by atoms with van der Waals surface area (Å²) in [6, 6.07) is 4.80. The number of aryl methyl sites for hydroxylation is 1. The standard InChI is InChI=1S/C7H8BrNO3S/c1-5-2-3-6(4-7(5)8)12-13(9,10)11/h2-4H,1H3,(H2,9,10,11). The maximum Gasteiger partial charge on any atom is 0.380 e. The molecule has 6 heteroatoms. The largest absolute Gasteiger partial charge is 0.380 e. The second kappa shape index (κ2) is 3.65. The fraction of sp³-hybridized carbons (Fsp3) is 0.143. The van der Waals surface area contributed by atoms with Gasteiger partial charge in [-0.15, -0.1) is 0 Å². The zero-order valence-corrected chi connectivity index (χ0v) is 9.22. The number of benzene rings is 1. The van der Waals surface area contributed by atoms with Crippen molar-refractivity contribution in [2.45, 2.75) is 6.92 Å². The van der Waals surface area contributed by atoms with E-state index in [1.54, 1.807) is 12.1 Å². The predicted molar refractivity (Wildman–Crippen MR) is 52.6 cm³/mol. The normalized spacial score (nSPS) is 11.3. The molecule has 0 aliphatic heterocycles. The average Bonchev–Trinajstić information content (AvgIpc) is 1.94. The van der Waals surface area contributed by atoms with E-state index in [9.17, 15) is 8.42 Å². The van der Waals surface area contributed by atoms with Gasteiger partial charge in [0.25, 0.3) is 0 Å². The molecule has 1 rings (SSSR count). The van der Waals surface area contributed by atoms with Gasteiger partial charge in [-0.25, -0.2) is 0 Å². The van der Waals surface area contributed by atoms with Crippen LogP contribution in [0.4, 0.5) is 0 Å². The minimum atomic E-state index is -3.93. The number of hydrogen-bond donors (Lipinski definition) is 1. The van der Waals surface area contributed by atoms with E-state index in [2.05, 4.69) is 20.1 Å². The molecule has 0 radical (unpaired) electrons. The SMILES string of the molecule is Cc1ccc(OS(N)(=O)=O)cc1Br. The third-order valence-electron chi connectivity index (χ3n) is 1.36. The Labute approximate surface area is 85.1 Å². The van der Waals surface area contributed by atoms with Crippen LogP contribution in [0, 0.1) is 6.92 Å². The van der Waals surface area contributed by atoms with Crippen molar-refractivity contribution in [1.82, 2.24) is 0 Å². The van der Waals surface area contributed by atoms with Gasteiger partial charge >= 0.3 is 10.3 Å². The maximum atomic E-state index is 10.5. The molecule has 13 heavy (non-hydrogen) atoms. The lowest BCUT2D eigenvalue weighted by molar-refractivity contribution is 0.487. The molecular weight excluding hydrogens is 258 g/mol. The van der Waals surface area contributed by atoms with Crippen molar-refractivity contribution < 1.29 is 12.6 Å². The first-order valence-corrected chi connectivity index (χ1v) is 5.63. The number of nitrogens with two attached hydrogens (primary N) is 1. The molecule has 1 aromatic carbocycles. The van der Waals surface area contributed by atoms with Crippen molar-refractivity contribution in [2.24, 2.45) is 5.14 Å². The van der Waals surface area contributed by atoms with Crippen molar-refractivity contribution in [1.29, 1.82) is 0 Å². The highest BCUT2D eigenvalue weighted by atomic mass is 79.9. The molecule has 0 fully saturated rings. The summed E-state index contributed by atoms with van der Waals surface area (Å²) in [5.41, 5.74) is 0.988. The van der Waals surface area contributed by atoms with E-state index in [0.29, 0.717) is 0 Å². The van der Waals surface area contributed by atoms with Crippen LogP contribution in [-0.2, 0) is 10.3 Å². The Morgan fingerprint density at radius 3 is 2.54 bits per heavy atom. The molecule has 0 aliphatic carbocycles. The Bertz CT molecular complexity index is 416. The molecule has 4 nitrogen and oxygen atoms in total. The van der Waals surface area contributed by atoms with Crippen molar-refractivity contribution in [2.75, 3.05) is 0 Å². The molecular formula is C7H8BrNO3S. The smallest absolute Gasteiger partial charge is 0.371 e. The summed E-state index contributed by atoms with van der Waals surface area (Å²) < 4.78 is 26.3. The Balaban J connectivity index is 2.99. The lowest BCUT2D eigenvalue weighted by Gasteiger charge is -2.03. The topological polar surface area (TPSA) is 69.4 Å². The second-order valence-electron chi connectivity index (χ2n) is 2.49. The van der Waals surface area contributed by atoms with Gasteiger partial charge in [-0.1, -0.05) is 22.0 Å². The average molecular weight is 266 g/mol. The Morgan fingerprint density at radius 1 is 1.46 bits per heavy atom. The monoisotopic (exact) mass is 265 g/mol. The molecule has 2 N–H and O–H groups in total. The molecule has 0 unspecified atom stereocenters. The summed E-state index contributed by atoms with van der Waals surface area (Å²) in [5, 5.41) is 4.69. The number of rotatable bonds is 2. The van der Waals surface area contributed by atoms with Crippen LogP contribution in [0.3, 0.4) is 0 Å². The molecule has 0 atom stereocenters. The first-order chi connectivity index (χ1) is 5.88. The first-order valence-electron chi connectivity index (χ1n) is 3.37.